The number of hydrogen-bond donors (Lipinski definition) is 1. The maximum absolute atomic E-state index is 13.2. The molecule has 1 spiro atoms. The molecule has 1 atom stereocenters. The predicted octanol–water partition coefficient (Wildman–Crippen LogP) is 0.275. The number of hydrogen-bond acceptors (Lipinski definition) is 4. The largest absolute Gasteiger partial charge is 0.368 e. The van der Waals surface area contributed by atoms with E-state index in [0.717, 1.165) is 5.56 Å². The van der Waals surface area contributed by atoms with Crippen LogP contribution in [0.15, 0.2) is 42.7 Å². The quantitative estimate of drug-likeness (QED) is 0.820. The number of benzene rings is 1. The van der Waals surface area contributed by atoms with E-state index >= 15 is 0 Å². The first kappa shape index (κ1) is 17.3. The van der Waals surface area contributed by atoms with Crippen LogP contribution < -0.4 is 10.6 Å². The van der Waals surface area contributed by atoms with Crippen molar-refractivity contribution in [3.05, 3.63) is 48.3 Å². The van der Waals surface area contributed by atoms with E-state index in [0.29, 0.717) is 38.2 Å². The Labute approximate surface area is 156 Å². The first-order chi connectivity index (χ1) is 13.0. The van der Waals surface area contributed by atoms with Gasteiger partial charge in [-0.05, 0) is 24.1 Å². The number of carbonyl (C=O) groups is 3. The molecule has 2 aliphatic rings. The standard InChI is InChI=1S/C19H21N5O3/c20-16(25)12-24-15-5-2-1-4-14(15)19(18(24)27)7-11-22(13-19)17(26)6-10-23-9-3-8-21-23/h1-5,8-9H,6-7,10-13H2,(H2,20,25)/t19-/m1/s1. The van der Waals surface area contributed by atoms with Crippen molar-refractivity contribution in [3.8, 4) is 0 Å². The topological polar surface area (TPSA) is 102 Å². The summed E-state index contributed by atoms with van der Waals surface area (Å²) in [6, 6.07) is 9.26. The fourth-order valence-electron chi connectivity index (χ4n) is 4.13. The summed E-state index contributed by atoms with van der Waals surface area (Å²) in [6.45, 7) is 1.21. The number of aromatic nitrogens is 2. The molecule has 0 saturated carbocycles. The summed E-state index contributed by atoms with van der Waals surface area (Å²) in [4.78, 5) is 40.5. The van der Waals surface area contributed by atoms with Gasteiger partial charge in [0.1, 0.15) is 6.54 Å². The van der Waals surface area contributed by atoms with E-state index in [9.17, 15) is 14.4 Å². The second-order valence-corrected chi connectivity index (χ2v) is 7.04. The molecular formula is C19H21N5O3. The van der Waals surface area contributed by atoms with Gasteiger partial charge in [-0.25, -0.2) is 0 Å². The molecule has 4 rings (SSSR count). The Morgan fingerprint density at radius 1 is 1.22 bits per heavy atom. The average molecular weight is 367 g/mol. The molecular weight excluding hydrogens is 346 g/mol. The summed E-state index contributed by atoms with van der Waals surface area (Å²) in [7, 11) is 0. The minimum atomic E-state index is -0.784. The number of rotatable bonds is 5. The number of likely N-dealkylation sites (tertiary alicyclic amines) is 1. The summed E-state index contributed by atoms with van der Waals surface area (Å²) < 4.78 is 1.72. The lowest BCUT2D eigenvalue weighted by atomic mass is 9.81. The molecule has 2 aromatic rings. The lowest BCUT2D eigenvalue weighted by Gasteiger charge is -2.24. The van der Waals surface area contributed by atoms with E-state index in [-0.39, 0.29) is 18.4 Å². The highest BCUT2D eigenvalue weighted by molar-refractivity contribution is 6.11. The number of nitrogens with two attached hydrogens (primary N) is 1. The van der Waals surface area contributed by atoms with Crippen molar-refractivity contribution in [2.24, 2.45) is 5.73 Å². The highest BCUT2D eigenvalue weighted by atomic mass is 16.2. The first-order valence-corrected chi connectivity index (χ1v) is 8.96. The zero-order valence-corrected chi connectivity index (χ0v) is 14.9. The van der Waals surface area contributed by atoms with E-state index < -0.39 is 11.3 Å². The third kappa shape index (κ3) is 2.87. The molecule has 1 fully saturated rings. The SMILES string of the molecule is NC(=O)CN1C(=O)[C@@]2(CCN(C(=O)CCn3cccn3)C2)c2ccccc21. The van der Waals surface area contributed by atoms with Crippen LogP contribution in [0.1, 0.15) is 18.4 Å². The van der Waals surface area contributed by atoms with Crippen LogP contribution >= 0.6 is 0 Å². The van der Waals surface area contributed by atoms with Crippen molar-refractivity contribution in [3.63, 3.8) is 0 Å². The lowest BCUT2D eigenvalue weighted by Crippen LogP contribution is -2.45. The monoisotopic (exact) mass is 367 g/mol. The van der Waals surface area contributed by atoms with Crippen molar-refractivity contribution < 1.29 is 14.4 Å². The Morgan fingerprint density at radius 2 is 2.04 bits per heavy atom. The lowest BCUT2D eigenvalue weighted by molar-refractivity contribution is -0.131. The van der Waals surface area contributed by atoms with E-state index in [2.05, 4.69) is 5.10 Å². The molecule has 0 aliphatic carbocycles. The van der Waals surface area contributed by atoms with Crippen LogP contribution in [-0.2, 0) is 26.3 Å². The summed E-state index contributed by atoms with van der Waals surface area (Å²) in [5, 5.41) is 4.11. The number of aryl methyl sites for hydroxylation is 1. The van der Waals surface area contributed by atoms with E-state index in [4.69, 9.17) is 5.73 Å². The minimum Gasteiger partial charge on any atom is -0.368 e. The molecule has 1 saturated heterocycles. The van der Waals surface area contributed by atoms with Gasteiger partial charge in [0, 0.05) is 44.1 Å². The van der Waals surface area contributed by atoms with Crippen LogP contribution in [0, 0.1) is 0 Å². The maximum Gasteiger partial charge on any atom is 0.240 e. The number of nitrogens with zero attached hydrogens (tertiary/aromatic N) is 4. The van der Waals surface area contributed by atoms with Gasteiger partial charge in [-0.1, -0.05) is 18.2 Å². The van der Waals surface area contributed by atoms with E-state index in [1.165, 1.54) is 4.90 Å². The zero-order valence-electron chi connectivity index (χ0n) is 14.9. The molecule has 8 nitrogen and oxygen atoms in total. The van der Waals surface area contributed by atoms with Crippen LogP contribution in [-0.4, -0.2) is 52.0 Å². The number of amides is 3. The molecule has 3 amide bonds. The molecule has 0 unspecified atom stereocenters. The van der Waals surface area contributed by atoms with Gasteiger partial charge < -0.3 is 15.5 Å². The Morgan fingerprint density at radius 3 is 2.78 bits per heavy atom. The van der Waals surface area contributed by atoms with Gasteiger partial charge in [-0.2, -0.15) is 5.10 Å². The summed E-state index contributed by atoms with van der Waals surface area (Å²) in [6.07, 6.45) is 4.37. The number of anilines is 1. The fraction of sp³-hybridized carbons (Fsp3) is 0.368. The van der Waals surface area contributed by atoms with Gasteiger partial charge in [0.05, 0.1) is 5.41 Å². The molecule has 27 heavy (non-hydrogen) atoms. The van der Waals surface area contributed by atoms with E-state index in [1.54, 1.807) is 15.8 Å². The number of primary amides is 1. The normalized spacial score (nSPS) is 21.1. The van der Waals surface area contributed by atoms with Crippen LogP contribution in [0.5, 0.6) is 0 Å². The smallest absolute Gasteiger partial charge is 0.240 e. The molecule has 8 heteroatoms. The number of para-hydroxylation sites is 1. The van der Waals surface area contributed by atoms with Gasteiger partial charge in [-0.15, -0.1) is 0 Å². The molecule has 140 valence electrons. The molecule has 0 bridgehead atoms. The third-order valence-electron chi connectivity index (χ3n) is 5.41. The van der Waals surface area contributed by atoms with Gasteiger partial charge in [0.2, 0.25) is 17.7 Å². The van der Waals surface area contributed by atoms with Crippen molar-refractivity contribution in [1.29, 1.82) is 0 Å². The van der Waals surface area contributed by atoms with Gasteiger partial charge in [0.15, 0.2) is 0 Å². The average Bonchev–Trinajstić information content (AvgIpc) is 3.37. The van der Waals surface area contributed by atoms with Crippen LogP contribution in [0.25, 0.3) is 0 Å². The highest BCUT2D eigenvalue weighted by Crippen LogP contribution is 2.47. The first-order valence-electron chi connectivity index (χ1n) is 8.96. The van der Waals surface area contributed by atoms with E-state index in [1.807, 2.05) is 36.5 Å². The molecule has 3 heterocycles. The minimum absolute atomic E-state index is 0.000933. The van der Waals surface area contributed by atoms with Crippen molar-refractivity contribution in [1.82, 2.24) is 14.7 Å². The number of fused-ring (bicyclic) bond motifs is 2. The Kier molecular flexibility index (Phi) is 4.18. The molecule has 1 aromatic carbocycles. The molecule has 1 aromatic heterocycles. The Bertz CT molecular complexity index is 895. The van der Waals surface area contributed by atoms with Gasteiger partial charge >= 0.3 is 0 Å². The second-order valence-electron chi connectivity index (χ2n) is 7.04. The summed E-state index contributed by atoms with van der Waals surface area (Å²) >= 11 is 0. The van der Waals surface area contributed by atoms with Crippen molar-refractivity contribution >= 4 is 23.4 Å². The van der Waals surface area contributed by atoms with Gasteiger partial charge in [-0.3, -0.25) is 19.1 Å². The third-order valence-corrected chi connectivity index (χ3v) is 5.41. The highest BCUT2D eigenvalue weighted by Gasteiger charge is 2.55. The summed E-state index contributed by atoms with van der Waals surface area (Å²) in [5.41, 5.74) is 6.14. The summed E-state index contributed by atoms with van der Waals surface area (Å²) in [5.74, 6) is -0.703. The van der Waals surface area contributed by atoms with Crippen LogP contribution in [0.3, 0.4) is 0 Å². The molecule has 2 N–H and O–H groups in total. The fourth-order valence-corrected chi connectivity index (χ4v) is 4.13. The predicted molar refractivity (Wildman–Crippen MR) is 97.7 cm³/mol. The maximum atomic E-state index is 13.2. The van der Waals surface area contributed by atoms with Crippen molar-refractivity contribution in [2.75, 3.05) is 24.5 Å². The zero-order chi connectivity index (χ0) is 19.0. The Hall–Kier alpha value is -3.16. The van der Waals surface area contributed by atoms with Crippen LogP contribution in [0.4, 0.5) is 5.69 Å². The Balaban J connectivity index is 1.54. The molecule has 2 aliphatic heterocycles. The second kappa shape index (κ2) is 6.53. The van der Waals surface area contributed by atoms with Crippen LogP contribution in [0.2, 0.25) is 0 Å². The van der Waals surface area contributed by atoms with Gasteiger partial charge in [0.25, 0.3) is 0 Å². The number of carbonyl (C=O) groups excluding carboxylic acids is 3. The molecule has 0 radical (unpaired) electrons. The van der Waals surface area contributed by atoms with Crippen molar-refractivity contribution in [2.45, 2.75) is 24.8 Å².